The maximum absolute atomic E-state index is 13.5. The fourth-order valence-corrected chi connectivity index (χ4v) is 4.62. The van der Waals surface area contributed by atoms with Gasteiger partial charge in [-0.15, -0.1) is 0 Å². The van der Waals surface area contributed by atoms with Crippen molar-refractivity contribution < 1.29 is 18.0 Å². The summed E-state index contributed by atoms with van der Waals surface area (Å²) in [5.74, 6) is -0.652. The molecule has 0 unspecified atom stereocenters. The average Bonchev–Trinajstić information content (AvgIpc) is 2.74. The molecule has 0 aliphatic carbocycles. The number of nitrogens with one attached hydrogen (secondary N) is 1. The minimum absolute atomic E-state index is 0.0721. The molecule has 0 saturated carbocycles. The van der Waals surface area contributed by atoms with Crippen LogP contribution in [-0.2, 0) is 26.0 Å². The summed E-state index contributed by atoms with van der Waals surface area (Å²) in [6.45, 7) is 7.32. The van der Waals surface area contributed by atoms with Gasteiger partial charge in [-0.2, -0.15) is 0 Å². The number of sulfonamides is 1. The Hall–Kier alpha value is -2.87. The molecular weight excluding hydrogens is 438 g/mol. The molecule has 0 fully saturated rings. The molecule has 2 amide bonds. The number of carbonyl (C=O) groups excluding carboxylic acids is 2. The average molecular weight is 474 g/mol. The van der Waals surface area contributed by atoms with Crippen molar-refractivity contribution in [1.29, 1.82) is 0 Å². The molecule has 0 aliphatic rings. The first-order valence-electron chi connectivity index (χ1n) is 11.2. The second kappa shape index (κ2) is 11.8. The third kappa shape index (κ3) is 7.60. The molecule has 0 heterocycles. The van der Waals surface area contributed by atoms with Gasteiger partial charge >= 0.3 is 0 Å². The molecule has 0 bridgehead atoms. The van der Waals surface area contributed by atoms with Crippen LogP contribution >= 0.6 is 0 Å². The van der Waals surface area contributed by atoms with Gasteiger partial charge in [0.2, 0.25) is 21.8 Å². The zero-order valence-electron chi connectivity index (χ0n) is 20.1. The van der Waals surface area contributed by atoms with E-state index in [1.807, 2.05) is 57.2 Å². The van der Waals surface area contributed by atoms with Crippen LogP contribution in [0.15, 0.2) is 54.6 Å². The number of amides is 2. The fraction of sp³-hybridized carbons (Fsp3) is 0.440. The Kier molecular flexibility index (Phi) is 9.46. The van der Waals surface area contributed by atoms with E-state index in [9.17, 15) is 18.0 Å². The van der Waals surface area contributed by atoms with Crippen molar-refractivity contribution in [3.05, 3.63) is 65.7 Å². The van der Waals surface area contributed by atoms with E-state index in [-0.39, 0.29) is 18.5 Å². The van der Waals surface area contributed by atoms with Crippen molar-refractivity contribution in [3.8, 4) is 0 Å². The minimum Gasteiger partial charge on any atom is -0.352 e. The Bertz CT molecular complexity index is 1040. The zero-order chi connectivity index (χ0) is 24.6. The third-order valence-electron chi connectivity index (χ3n) is 5.36. The number of nitrogens with zero attached hydrogens (tertiary/aromatic N) is 2. The quantitative estimate of drug-likeness (QED) is 0.543. The van der Waals surface area contributed by atoms with Crippen LogP contribution in [0.25, 0.3) is 0 Å². The van der Waals surface area contributed by atoms with Gasteiger partial charge in [-0.05, 0) is 50.8 Å². The van der Waals surface area contributed by atoms with Crippen molar-refractivity contribution in [1.82, 2.24) is 10.2 Å². The van der Waals surface area contributed by atoms with Crippen LogP contribution in [0.3, 0.4) is 0 Å². The molecular formula is C25H35N3O4S. The third-order valence-corrected chi connectivity index (χ3v) is 6.49. The van der Waals surface area contributed by atoms with Crippen molar-refractivity contribution in [2.75, 3.05) is 23.7 Å². The van der Waals surface area contributed by atoms with Crippen LogP contribution in [-0.4, -0.2) is 56.6 Å². The van der Waals surface area contributed by atoms with Gasteiger partial charge < -0.3 is 10.2 Å². The number of hydrogen-bond acceptors (Lipinski definition) is 4. The highest BCUT2D eigenvalue weighted by Crippen LogP contribution is 2.22. The van der Waals surface area contributed by atoms with Crippen LogP contribution in [0.5, 0.6) is 0 Å². The van der Waals surface area contributed by atoms with E-state index in [4.69, 9.17) is 0 Å². The summed E-state index contributed by atoms with van der Waals surface area (Å²) in [6, 6.07) is 16.0. The van der Waals surface area contributed by atoms with Gasteiger partial charge in [0.25, 0.3) is 0 Å². The minimum atomic E-state index is -3.72. The zero-order valence-corrected chi connectivity index (χ0v) is 20.9. The molecule has 0 aliphatic heterocycles. The lowest BCUT2D eigenvalue weighted by Gasteiger charge is -2.33. The predicted molar refractivity (Wildman–Crippen MR) is 133 cm³/mol. The molecule has 1 N–H and O–H groups in total. The molecule has 8 heteroatoms. The molecule has 1 atom stereocenters. The predicted octanol–water partition coefficient (Wildman–Crippen LogP) is 3.14. The number of carbonyl (C=O) groups is 2. The van der Waals surface area contributed by atoms with Crippen LogP contribution in [0.2, 0.25) is 0 Å². The molecule has 2 aromatic rings. The smallest absolute Gasteiger partial charge is 0.244 e. The molecule has 0 saturated heterocycles. The van der Waals surface area contributed by atoms with Crippen LogP contribution in [0.4, 0.5) is 5.69 Å². The highest BCUT2D eigenvalue weighted by Gasteiger charge is 2.31. The first-order valence-corrected chi connectivity index (χ1v) is 13.1. The first kappa shape index (κ1) is 26.4. The normalized spacial score (nSPS) is 12.3. The van der Waals surface area contributed by atoms with Crippen molar-refractivity contribution >= 4 is 27.5 Å². The lowest BCUT2D eigenvalue weighted by Crippen LogP contribution is -2.54. The Morgan fingerprint density at radius 1 is 1.00 bits per heavy atom. The van der Waals surface area contributed by atoms with E-state index in [0.29, 0.717) is 25.1 Å². The summed E-state index contributed by atoms with van der Waals surface area (Å²) >= 11 is 0. The van der Waals surface area contributed by atoms with E-state index in [2.05, 4.69) is 5.32 Å². The summed E-state index contributed by atoms with van der Waals surface area (Å²) in [5.41, 5.74) is 2.24. The maximum Gasteiger partial charge on any atom is 0.244 e. The van der Waals surface area contributed by atoms with Gasteiger partial charge in [0, 0.05) is 12.6 Å². The van der Waals surface area contributed by atoms with E-state index < -0.39 is 22.0 Å². The fourth-order valence-electron chi connectivity index (χ4n) is 3.71. The monoisotopic (exact) mass is 473 g/mol. The number of anilines is 1. The molecule has 0 spiro atoms. The summed E-state index contributed by atoms with van der Waals surface area (Å²) < 4.78 is 26.4. The van der Waals surface area contributed by atoms with E-state index in [1.54, 1.807) is 25.1 Å². The second-order valence-corrected chi connectivity index (χ2v) is 10.4. The molecule has 2 rings (SSSR count). The molecule has 7 nitrogen and oxygen atoms in total. The van der Waals surface area contributed by atoms with Crippen LogP contribution < -0.4 is 9.62 Å². The summed E-state index contributed by atoms with van der Waals surface area (Å²) in [7, 11) is -3.72. The Morgan fingerprint density at radius 3 is 2.15 bits per heavy atom. The number of rotatable bonds is 11. The topological polar surface area (TPSA) is 86.8 Å². The summed E-state index contributed by atoms with van der Waals surface area (Å²) in [5, 5.41) is 2.89. The SMILES string of the molecule is CC[C@H](C(=O)NC(C)C)N(CCc1ccccc1)C(=O)CN(c1ccccc1C)S(C)(=O)=O. The Balaban J connectivity index is 2.37. The maximum atomic E-state index is 13.5. The van der Waals surface area contributed by atoms with Gasteiger partial charge in [0.15, 0.2) is 0 Å². The van der Waals surface area contributed by atoms with E-state index in [0.717, 1.165) is 21.7 Å². The van der Waals surface area contributed by atoms with Gasteiger partial charge in [0.1, 0.15) is 12.6 Å². The lowest BCUT2D eigenvalue weighted by molar-refractivity contribution is -0.139. The summed E-state index contributed by atoms with van der Waals surface area (Å²) in [4.78, 5) is 28.0. The van der Waals surface area contributed by atoms with Gasteiger partial charge in [0.05, 0.1) is 11.9 Å². The van der Waals surface area contributed by atoms with Crippen LogP contribution in [0, 0.1) is 6.92 Å². The van der Waals surface area contributed by atoms with Crippen LogP contribution in [0.1, 0.15) is 38.3 Å². The largest absolute Gasteiger partial charge is 0.352 e. The molecule has 0 aromatic heterocycles. The number of aryl methyl sites for hydroxylation is 1. The second-order valence-electron chi connectivity index (χ2n) is 8.47. The van der Waals surface area contributed by atoms with Crippen molar-refractivity contribution in [3.63, 3.8) is 0 Å². The lowest BCUT2D eigenvalue weighted by atomic mass is 10.1. The van der Waals surface area contributed by atoms with Crippen molar-refractivity contribution in [2.24, 2.45) is 0 Å². The molecule has 33 heavy (non-hydrogen) atoms. The molecule has 180 valence electrons. The highest BCUT2D eigenvalue weighted by atomic mass is 32.2. The standard InChI is InChI=1S/C25H35N3O4S/c1-6-22(25(30)26-19(2)3)27(17-16-21-13-8-7-9-14-21)24(29)18-28(33(5,31)32)23-15-11-10-12-20(23)4/h7-15,19,22H,6,16-18H2,1-5H3,(H,26,30)/t22-/m1/s1. The van der Waals surface area contributed by atoms with Gasteiger partial charge in [-0.25, -0.2) is 8.42 Å². The van der Waals surface area contributed by atoms with Crippen molar-refractivity contribution in [2.45, 2.75) is 52.6 Å². The van der Waals surface area contributed by atoms with E-state index >= 15 is 0 Å². The first-order chi connectivity index (χ1) is 15.5. The Labute approximate surface area is 197 Å². The summed E-state index contributed by atoms with van der Waals surface area (Å²) in [6.07, 6.45) is 2.06. The number of hydrogen-bond donors (Lipinski definition) is 1. The highest BCUT2D eigenvalue weighted by molar-refractivity contribution is 7.92. The van der Waals surface area contributed by atoms with E-state index in [1.165, 1.54) is 4.90 Å². The van der Waals surface area contributed by atoms with Gasteiger partial charge in [-0.3, -0.25) is 13.9 Å². The van der Waals surface area contributed by atoms with Gasteiger partial charge in [-0.1, -0.05) is 55.5 Å². The number of benzene rings is 2. The molecule has 0 radical (unpaired) electrons. The molecule has 2 aromatic carbocycles. The Morgan fingerprint density at radius 2 is 1.61 bits per heavy atom. The number of para-hydroxylation sites is 1.